The van der Waals surface area contributed by atoms with Crippen LogP contribution in [0.25, 0.3) is 0 Å². The molecule has 108 valence electrons. The van der Waals surface area contributed by atoms with Crippen molar-refractivity contribution in [3.63, 3.8) is 0 Å². The van der Waals surface area contributed by atoms with Crippen LogP contribution in [0, 0.1) is 0 Å². The second kappa shape index (κ2) is 7.70. The minimum Gasteiger partial charge on any atom is -0.480 e. The molecule has 1 heterocycles. The SMILES string of the molecule is NC(CNC(=O)CCC(=O)N1CCOCC1)C(=O)O. The Labute approximate surface area is 110 Å². The average Bonchev–Trinajstić information content (AvgIpc) is 2.42. The van der Waals surface area contributed by atoms with Crippen molar-refractivity contribution in [2.75, 3.05) is 32.8 Å². The van der Waals surface area contributed by atoms with Crippen LogP contribution >= 0.6 is 0 Å². The summed E-state index contributed by atoms with van der Waals surface area (Å²) in [5, 5.41) is 10.9. The Hall–Kier alpha value is -1.67. The van der Waals surface area contributed by atoms with Gasteiger partial charge in [0.2, 0.25) is 11.8 Å². The summed E-state index contributed by atoms with van der Waals surface area (Å²) < 4.78 is 5.12. The number of rotatable bonds is 6. The monoisotopic (exact) mass is 273 g/mol. The van der Waals surface area contributed by atoms with Crippen molar-refractivity contribution in [1.29, 1.82) is 0 Å². The van der Waals surface area contributed by atoms with Crippen LogP contribution in [0.3, 0.4) is 0 Å². The van der Waals surface area contributed by atoms with E-state index in [1.54, 1.807) is 4.90 Å². The number of ether oxygens (including phenoxy) is 1. The fourth-order valence-electron chi connectivity index (χ4n) is 1.59. The molecular formula is C11H19N3O5. The largest absolute Gasteiger partial charge is 0.480 e. The highest BCUT2D eigenvalue weighted by molar-refractivity contribution is 5.84. The lowest BCUT2D eigenvalue weighted by atomic mass is 10.2. The van der Waals surface area contributed by atoms with E-state index < -0.39 is 12.0 Å². The molecule has 8 heteroatoms. The van der Waals surface area contributed by atoms with Crippen molar-refractivity contribution in [3.8, 4) is 0 Å². The lowest BCUT2D eigenvalue weighted by molar-refractivity contribution is -0.139. The van der Waals surface area contributed by atoms with E-state index >= 15 is 0 Å². The van der Waals surface area contributed by atoms with Crippen molar-refractivity contribution in [3.05, 3.63) is 0 Å². The molecule has 0 bridgehead atoms. The van der Waals surface area contributed by atoms with Crippen molar-refractivity contribution in [2.45, 2.75) is 18.9 Å². The molecule has 0 aromatic carbocycles. The zero-order chi connectivity index (χ0) is 14.3. The zero-order valence-corrected chi connectivity index (χ0v) is 10.6. The molecule has 19 heavy (non-hydrogen) atoms. The van der Waals surface area contributed by atoms with E-state index in [9.17, 15) is 14.4 Å². The molecule has 0 aromatic rings. The maximum Gasteiger partial charge on any atom is 0.322 e. The highest BCUT2D eigenvalue weighted by Crippen LogP contribution is 2.02. The van der Waals surface area contributed by atoms with Crippen LogP contribution in [0.2, 0.25) is 0 Å². The topological polar surface area (TPSA) is 122 Å². The van der Waals surface area contributed by atoms with E-state index in [0.29, 0.717) is 26.3 Å². The third-order valence-electron chi connectivity index (χ3n) is 2.77. The first-order chi connectivity index (χ1) is 9.00. The van der Waals surface area contributed by atoms with E-state index in [0.717, 1.165) is 0 Å². The molecule has 1 saturated heterocycles. The van der Waals surface area contributed by atoms with Gasteiger partial charge in [-0.05, 0) is 0 Å². The smallest absolute Gasteiger partial charge is 0.322 e. The molecule has 0 aromatic heterocycles. The number of nitrogens with two attached hydrogens (primary N) is 1. The quantitative estimate of drug-likeness (QED) is 0.522. The average molecular weight is 273 g/mol. The van der Waals surface area contributed by atoms with E-state index in [2.05, 4.69) is 5.32 Å². The van der Waals surface area contributed by atoms with Crippen LogP contribution in [0.15, 0.2) is 0 Å². The molecular weight excluding hydrogens is 254 g/mol. The Kier molecular flexibility index (Phi) is 6.23. The standard InChI is InChI=1S/C11H19N3O5/c12-8(11(17)18)7-13-9(15)1-2-10(16)14-3-5-19-6-4-14/h8H,1-7,12H2,(H,13,15)(H,17,18). The molecule has 1 fully saturated rings. The Morgan fingerprint density at radius 1 is 1.26 bits per heavy atom. The van der Waals surface area contributed by atoms with Gasteiger partial charge in [0.15, 0.2) is 0 Å². The summed E-state index contributed by atoms with van der Waals surface area (Å²) in [6.07, 6.45) is 0.136. The number of nitrogens with zero attached hydrogens (tertiary/aromatic N) is 1. The van der Waals surface area contributed by atoms with Gasteiger partial charge in [-0.1, -0.05) is 0 Å². The van der Waals surface area contributed by atoms with Crippen molar-refractivity contribution in [1.82, 2.24) is 10.2 Å². The number of carbonyl (C=O) groups is 3. The van der Waals surface area contributed by atoms with Gasteiger partial charge < -0.3 is 25.8 Å². The predicted molar refractivity (Wildman–Crippen MR) is 65.3 cm³/mol. The molecule has 4 N–H and O–H groups in total. The lowest BCUT2D eigenvalue weighted by Crippen LogP contribution is -2.43. The van der Waals surface area contributed by atoms with Gasteiger partial charge in [0, 0.05) is 32.5 Å². The summed E-state index contributed by atoms with van der Waals surface area (Å²) in [7, 11) is 0. The van der Waals surface area contributed by atoms with Crippen LogP contribution in [0.1, 0.15) is 12.8 Å². The van der Waals surface area contributed by atoms with Gasteiger partial charge >= 0.3 is 5.97 Å². The Morgan fingerprint density at radius 3 is 2.47 bits per heavy atom. The second-order valence-corrected chi connectivity index (χ2v) is 4.24. The van der Waals surface area contributed by atoms with E-state index in [-0.39, 0.29) is 31.2 Å². The Bertz CT molecular complexity index is 341. The number of carboxylic acid groups (broad SMARTS) is 1. The molecule has 2 amide bonds. The summed E-state index contributed by atoms with van der Waals surface area (Å²) >= 11 is 0. The van der Waals surface area contributed by atoms with E-state index in [4.69, 9.17) is 15.6 Å². The number of carbonyl (C=O) groups excluding carboxylic acids is 2. The summed E-state index contributed by atoms with van der Waals surface area (Å²) in [5.41, 5.74) is 5.23. The number of aliphatic carboxylic acids is 1. The molecule has 1 aliphatic heterocycles. The highest BCUT2D eigenvalue weighted by Gasteiger charge is 2.18. The van der Waals surface area contributed by atoms with Crippen molar-refractivity contribution < 1.29 is 24.2 Å². The van der Waals surface area contributed by atoms with Crippen LogP contribution in [0.4, 0.5) is 0 Å². The van der Waals surface area contributed by atoms with Gasteiger partial charge in [-0.2, -0.15) is 0 Å². The molecule has 0 aliphatic carbocycles. The molecule has 1 unspecified atom stereocenters. The molecule has 0 spiro atoms. The van der Waals surface area contributed by atoms with Crippen LogP contribution in [-0.2, 0) is 19.1 Å². The second-order valence-electron chi connectivity index (χ2n) is 4.24. The van der Waals surface area contributed by atoms with Gasteiger partial charge in [-0.3, -0.25) is 14.4 Å². The number of hydrogen-bond acceptors (Lipinski definition) is 5. The van der Waals surface area contributed by atoms with Gasteiger partial charge in [0.1, 0.15) is 6.04 Å². The normalized spacial score (nSPS) is 16.8. The zero-order valence-electron chi connectivity index (χ0n) is 10.6. The van der Waals surface area contributed by atoms with Gasteiger partial charge in [0.25, 0.3) is 0 Å². The van der Waals surface area contributed by atoms with Crippen molar-refractivity contribution >= 4 is 17.8 Å². The maximum atomic E-state index is 11.7. The summed E-state index contributed by atoms with van der Waals surface area (Å²) in [6, 6.07) is -1.13. The third-order valence-corrected chi connectivity index (χ3v) is 2.77. The minimum atomic E-state index is -1.18. The molecule has 8 nitrogen and oxygen atoms in total. The van der Waals surface area contributed by atoms with Crippen molar-refractivity contribution in [2.24, 2.45) is 5.73 Å². The van der Waals surface area contributed by atoms with Gasteiger partial charge in [-0.25, -0.2) is 0 Å². The maximum absolute atomic E-state index is 11.7. The Balaban J connectivity index is 2.18. The molecule has 1 rings (SSSR count). The van der Waals surface area contributed by atoms with E-state index in [1.807, 2.05) is 0 Å². The fraction of sp³-hybridized carbons (Fsp3) is 0.727. The first-order valence-electron chi connectivity index (χ1n) is 6.11. The highest BCUT2D eigenvalue weighted by atomic mass is 16.5. The fourth-order valence-corrected chi connectivity index (χ4v) is 1.59. The molecule has 1 atom stereocenters. The predicted octanol–water partition coefficient (Wildman–Crippen LogP) is -1.85. The summed E-state index contributed by atoms with van der Waals surface area (Å²) in [4.78, 5) is 35.2. The third kappa shape index (κ3) is 5.66. The number of hydrogen-bond donors (Lipinski definition) is 3. The van der Waals surface area contributed by atoms with E-state index in [1.165, 1.54) is 0 Å². The minimum absolute atomic E-state index is 0.0303. The number of amides is 2. The van der Waals surface area contributed by atoms with Crippen LogP contribution in [-0.4, -0.2) is 66.7 Å². The summed E-state index contributed by atoms with van der Waals surface area (Å²) in [5.74, 6) is -1.65. The number of nitrogens with one attached hydrogen (secondary N) is 1. The lowest BCUT2D eigenvalue weighted by Gasteiger charge is -2.26. The van der Waals surface area contributed by atoms with Gasteiger partial charge in [-0.15, -0.1) is 0 Å². The molecule has 0 saturated carbocycles. The summed E-state index contributed by atoms with van der Waals surface area (Å²) in [6.45, 7) is 1.99. The van der Waals surface area contributed by atoms with Crippen LogP contribution in [0.5, 0.6) is 0 Å². The first-order valence-corrected chi connectivity index (χ1v) is 6.11. The number of carboxylic acids is 1. The van der Waals surface area contributed by atoms with Crippen LogP contribution < -0.4 is 11.1 Å². The number of morpholine rings is 1. The first kappa shape index (κ1) is 15.4. The van der Waals surface area contributed by atoms with Gasteiger partial charge in [0.05, 0.1) is 13.2 Å². The molecule has 1 aliphatic rings. The molecule has 0 radical (unpaired) electrons. The Morgan fingerprint density at radius 2 is 1.89 bits per heavy atom.